The molecular weight excluding hydrogens is 310 g/mol. The van der Waals surface area contributed by atoms with Crippen LogP contribution in [-0.4, -0.2) is 5.04 Å². The van der Waals surface area contributed by atoms with Crippen LogP contribution in [0.4, 0.5) is 5.69 Å². The molecule has 0 aliphatic carbocycles. The van der Waals surface area contributed by atoms with Gasteiger partial charge in [0.1, 0.15) is 0 Å². The third-order valence-corrected chi connectivity index (χ3v) is 6.45. The second-order valence-electron chi connectivity index (χ2n) is 6.08. The van der Waals surface area contributed by atoms with E-state index in [4.69, 9.17) is 4.99 Å². The summed E-state index contributed by atoms with van der Waals surface area (Å²) in [6.07, 6.45) is 0. The topological polar surface area (TPSA) is 12.4 Å². The number of hydrogen-bond donors (Lipinski definition) is 0. The highest BCUT2D eigenvalue weighted by Gasteiger charge is 2.52. The zero-order valence-electron chi connectivity index (χ0n) is 13.6. The van der Waals surface area contributed by atoms with E-state index in [1.807, 2.05) is 30.0 Å². The highest BCUT2D eigenvalue weighted by Crippen LogP contribution is 2.59. The Labute approximate surface area is 147 Å². The van der Waals surface area contributed by atoms with Crippen LogP contribution in [0.3, 0.4) is 0 Å². The van der Waals surface area contributed by atoms with E-state index in [1.54, 1.807) is 0 Å². The van der Waals surface area contributed by atoms with Crippen molar-refractivity contribution in [3.8, 4) is 0 Å². The van der Waals surface area contributed by atoms with Crippen LogP contribution in [0, 0.1) is 5.92 Å². The van der Waals surface area contributed by atoms with Gasteiger partial charge in [0, 0.05) is 5.92 Å². The molecule has 2 heteroatoms. The molecule has 118 valence electrons. The van der Waals surface area contributed by atoms with Crippen LogP contribution in [0.1, 0.15) is 18.1 Å². The van der Waals surface area contributed by atoms with Crippen molar-refractivity contribution in [3.05, 3.63) is 102 Å². The van der Waals surface area contributed by atoms with Gasteiger partial charge in [-0.15, -0.1) is 0 Å². The maximum Gasteiger partial charge on any atom is 0.0802 e. The fraction of sp³-hybridized carbons (Fsp3) is 0.136. The molecule has 1 fully saturated rings. The summed E-state index contributed by atoms with van der Waals surface area (Å²) in [5.74, 6) is 0.354. The fourth-order valence-corrected chi connectivity index (χ4v) is 4.81. The van der Waals surface area contributed by atoms with Crippen LogP contribution >= 0.6 is 11.8 Å². The molecule has 0 saturated carbocycles. The number of nitrogens with zero attached hydrogens (tertiary/aromatic N) is 1. The third-order valence-electron chi connectivity index (χ3n) is 4.65. The quantitative estimate of drug-likeness (QED) is 0.570. The Morgan fingerprint density at radius 3 is 1.62 bits per heavy atom. The first-order chi connectivity index (χ1) is 11.8. The molecule has 0 bridgehead atoms. The highest BCUT2D eigenvalue weighted by molar-refractivity contribution is 8.17. The Kier molecular flexibility index (Phi) is 3.99. The molecule has 0 amide bonds. The van der Waals surface area contributed by atoms with Crippen molar-refractivity contribution >= 4 is 22.5 Å². The fourth-order valence-electron chi connectivity index (χ4n) is 3.36. The van der Waals surface area contributed by atoms with Gasteiger partial charge in [-0.1, -0.05) is 97.5 Å². The van der Waals surface area contributed by atoms with Gasteiger partial charge in [0.25, 0.3) is 0 Å². The van der Waals surface area contributed by atoms with E-state index < -0.39 is 0 Å². The molecule has 1 heterocycles. The van der Waals surface area contributed by atoms with Crippen molar-refractivity contribution in [2.24, 2.45) is 10.9 Å². The zero-order chi connectivity index (χ0) is 16.4. The van der Waals surface area contributed by atoms with Gasteiger partial charge < -0.3 is 0 Å². The van der Waals surface area contributed by atoms with Gasteiger partial charge in [0.2, 0.25) is 0 Å². The molecule has 1 aliphatic rings. The molecule has 24 heavy (non-hydrogen) atoms. The smallest absolute Gasteiger partial charge is 0.0802 e. The molecule has 1 atom stereocenters. The van der Waals surface area contributed by atoms with Crippen molar-refractivity contribution in [3.63, 3.8) is 0 Å². The number of rotatable bonds is 3. The Morgan fingerprint density at radius 1 is 0.708 bits per heavy atom. The number of thioether (sulfide) groups is 1. The molecule has 3 aromatic rings. The first kappa shape index (κ1) is 15.2. The van der Waals surface area contributed by atoms with Gasteiger partial charge in [0.05, 0.1) is 15.5 Å². The number of para-hydroxylation sites is 1. The van der Waals surface area contributed by atoms with Gasteiger partial charge in [-0.2, -0.15) is 0 Å². The molecule has 0 spiro atoms. The van der Waals surface area contributed by atoms with E-state index in [0.29, 0.717) is 5.92 Å². The molecule has 3 aromatic carbocycles. The summed E-state index contributed by atoms with van der Waals surface area (Å²) < 4.78 is -0.0455. The summed E-state index contributed by atoms with van der Waals surface area (Å²) in [6.45, 7) is 2.29. The van der Waals surface area contributed by atoms with Crippen LogP contribution in [0.15, 0.2) is 96.0 Å². The highest BCUT2D eigenvalue weighted by atomic mass is 32.2. The van der Waals surface area contributed by atoms with Crippen LogP contribution in [0.2, 0.25) is 0 Å². The van der Waals surface area contributed by atoms with E-state index in [0.717, 1.165) is 5.69 Å². The molecular formula is C22H19NS. The third kappa shape index (κ3) is 2.47. The van der Waals surface area contributed by atoms with Crippen molar-refractivity contribution in [1.29, 1.82) is 0 Å². The molecule has 0 radical (unpaired) electrons. The van der Waals surface area contributed by atoms with E-state index in [1.165, 1.54) is 16.2 Å². The Bertz CT molecular complexity index is 801. The average Bonchev–Trinajstić information content (AvgIpc) is 2.67. The van der Waals surface area contributed by atoms with E-state index >= 15 is 0 Å². The number of aliphatic imine (C=N–C) groups is 1. The lowest BCUT2D eigenvalue weighted by atomic mass is 9.79. The van der Waals surface area contributed by atoms with Gasteiger partial charge in [-0.05, 0) is 23.3 Å². The van der Waals surface area contributed by atoms with E-state index in [9.17, 15) is 0 Å². The minimum atomic E-state index is -0.0455. The minimum Gasteiger partial charge on any atom is -0.246 e. The van der Waals surface area contributed by atoms with Gasteiger partial charge in [-0.25, -0.2) is 4.99 Å². The maximum atomic E-state index is 4.87. The zero-order valence-corrected chi connectivity index (χ0v) is 14.4. The number of hydrogen-bond acceptors (Lipinski definition) is 2. The van der Waals surface area contributed by atoms with Crippen LogP contribution in [-0.2, 0) is 4.75 Å². The predicted octanol–water partition coefficient (Wildman–Crippen LogP) is 6.04. The lowest BCUT2D eigenvalue weighted by Crippen LogP contribution is -2.46. The van der Waals surface area contributed by atoms with Crippen LogP contribution in [0.5, 0.6) is 0 Å². The molecule has 1 aliphatic heterocycles. The van der Waals surface area contributed by atoms with Crippen molar-refractivity contribution in [2.45, 2.75) is 11.7 Å². The minimum absolute atomic E-state index is 0.0455. The summed E-state index contributed by atoms with van der Waals surface area (Å²) in [5, 5.41) is 1.20. The first-order valence-electron chi connectivity index (χ1n) is 8.24. The summed E-state index contributed by atoms with van der Waals surface area (Å²) in [6, 6.07) is 31.8. The van der Waals surface area contributed by atoms with Crippen molar-refractivity contribution in [1.82, 2.24) is 0 Å². The Morgan fingerprint density at radius 2 is 1.17 bits per heavy atom. The summed E-state index contributed by atoms with van der Waals surface area (Å²) >= 11 is 1.88. The lowest BCUT2D eigenvalue weighted by molar-refractivity contribution is 0.588. The van der Waals surface area contributed by atoms with E-state index in [2.05, 4.69) is 79.7 Å². The Balaban J connectivity index is 1.76. The summed E-state index contributed by atoms with van der Waals surface area (Å²) in [5.41, 5.74) is 3.72. The summed E-state index contributed by atoms with van der Waals surface area (Å²) in [4.78, 5) is 4.87. The second-order valence-corrected chi connectivity index (χ2v) is 7.34. The van der Waals surface area contributed by atoms with Gasteiger partial charge in [-0.3, -0.25) is 0 Å². The van der Waals surface area contributed by atoms with Crippen LogP contribution in [0.25, 0.3) is 0 Å². The standard InChI is InChI=1S/C22H19NS/c1-17-21(23-20-15-9-4-10-16-20)24-22(17,18-11-5-2-6-12-18)19-13-7-3-8-14-19/h2-17H,1H3. The van der Waals surface area contributed by atoms with Gasteiger partial charge >= 0.3 is 0 Å². The maximum absolute atomic E-state index is 4.87. The van der Waals surface area contributed by atoms with Crippen molar-refractivity contribution in [2.75, 3.05) is 0 Å². The molecule has 0 N–H and O–H groups in total. The largest absolute Gasteiger partial charge is 0.246 e. The first-order valence-corrected chi connectivity index (χ1v) is 9.06. The molecule has 1 unspecified atom stereocenters. The molecule has 1 saturated heterocycles. The molecule has 0 aromatic heterocycles. The number of benzene rings is 3. The monoisotopic (exact) mass is 329 g/mol. The normalized spacial score (nSPS) is 20.5. The van der Waals surface area contributed by atoms with Crippen molar-refractivity contribution < 1.29 is 0 Å². The summed E-state index contributed by atoms with van der Waals surface area (Å²) in [7, 11) is 0. The predicted molar refractivity (Wildman–Crippen MR) is 104 cm³/mol. The average molecular weight is 329 g/mol. The SMILES string of the molecule is CC1C(=Nc2ccccc2)SC1(c1ccccc1)c1ccccc1. The lowest BCUT2D eigenvalue weighted by Gasteiger charge is -2.49. The molecule has 4 rings (SSSR count). The van der Waals surface area contributed by atoms with Crippen LogP contribution < -0.4 is 0 Å². The second kappa shape index (κ2) is 6.29. The Hall–Kier alpha value is -2.32. The molecule has 1 nitrogen and oxygen atoms in total. The van der Waals surface area contributed by atoms with Gasteiger partial charge in [0.15, 0.2) is 0 Å². The van der Waals surface area contributed by atoms with E-state index in [-0.39, 0.29) is 4.75 Å².